The zero-order chi connectivity index (χ0) is 54.0. The lowest BCUT2D eigenvalue weighted by Crippen LogP contribution is -2.59. The number of carboxylic acid groups (broad SMARTS) is 1. The Morgan fingerprint density at radius 1 is 0.784 bits per heavy atom. The first-order valence-electron chi connectivity index (χ1n) is 24.6. The van der Waals surface area contributed by atoms with Crippen LogP contribution in [0.15, 0.2) is 78.3 Å². The number of aromatic amines is 2. The summed E-state index contributed by atoms with van der Waals surface area (Å²) in [5.74, 6) is -6.93. The molecular formula is C50H70N14O10. The second kappa shape index (κ2) is 30.5. The van der Waals surface area contributed by atoms with Gasteiger partial charge in [-0.1, -0.05) is 75.2 Å². The molecule has 3 unspecified atom stereocenters. The topological polar surface area (TPSA) is 379 Å². The molecule has 0 saturated carbocycles. The lowest BCUT2D eigenvalue weighted by Gasteiger charge is -2.26. The molecule has 0 aliphatic carbocycles. The van der Waals surface area contributed by atoms with Gasteiger partial charge in [0.15, 0.2) is 5.96 Å². The van der Waals surface area contributed by atoms with E-state index in [9.17, 15) is 48.3 Å². The Labute approximate surface area is 428 Å². The van der Waals surface area contributed by atoms with Crippen LogP contribution < -0.4 is 54.0 Å². The second-order valence-electron chi connectivity index (χ2n) is 17.7. The number of nitrogens with two attached hydrogens (primary N) is 2. The summed E-state index contributed by atoms with van der Waals surface area (Å²) >= 11 is 0. The number of para-hydroxylation sites is 1. The number of hydrogen-bond donors (Lipinski definition) is 13. The molecule has 2 aromatic carbocycles. The Morgan fingerprint density at radius 2 is 1.47 bits per heavy atom. The molecule has 24 heteroatoms. The van der Waals surface area contributed by atoms with Gasteiger partial charge in [-0.25, -0.2) is 9.78 Å². The van der Waals surface area contributed by atoms with E-state index >= 15 is 0 Å². The number of nitrogens with one attached hydrogen (secondary N) is 10. The number of carbonyl (C=O) groups excluding carboxylic acids is 8. The van der Waals surface area contributed by atoms with Gasteiger partial charge < -0.3 is 69.1 Å². The predicted octanol–water partition coefficient (Wildman–Crippen LogP) is -0.401. The van der Waals surface area contributed by atoms with E-state index in [-0.39, 0.29) is 63.9 Å². The third-order valence-corrected chi connectivity index (χ3v) is 11.7. The lowest BCUT2D eigenvalue weighted by molar-refractivity contribution is -0.142. The Bertz CT molecular complexity index is 2530. The highest BCUT2D eigenvalue weighted by Gasteiger charge is 2.33. The number of carboxylic acids is 1. The van der Waals surface area contributed by atoms with Gasteiger partial charge in [-0.2, -0.15) is 0 Å². The molecule has 5 rings (SSSR count). The van der Waals surface area contributed by atoms with Crippen LogP contribution in [0.2, 0.25) is 0 Å². The molecule has 1 aliphatic rings. The molecule has 6 atom stereocenters. The van der Waals surface area contributed by atoms with Crippen molar-refractivity contribution >= 4 is 70.1 Å². The molecule has 4 aromatic rings. The molecule has 74 heavy (non-hydrogen) atoms. The van der Waals surface area contributed by atoms with Gasteiger partial charge in [-0.15, -0.1) is 0 Å². The standard InChI is InChI=1S/C46H59N11O10.C4H11N3/c1-3-4-14-33(52-27(2)58)42(62)54-34-17-18-39(59)48-19-10-16-35(46(66)67)55-44(64)37(21-29-23-49-32-15-9-8-13-31(29)32)53-40(60)25-50-41(61)36(20-28-11-6-5-7-12-28)56-45(65)38(57-43(34)63)22-30-24-47-26-51-30;1-2-3-7-4(5)6/h5-9,11-13,15,23-24,26,33-38,49H,3-4,10,14,16-22,25H2,1-2H3,(H,47,51)(H,48,59)(H,50,61)(H,52,58)(H,53,60)(H,54,62)(H,55,64)(H,56,65)(H,57,63)(H,66,67);2-3H2,1H3,(H4,5,6,7)/t33-,34?,35?,36?,37-,38-;/m0./s1. The molecule has 400 valence electrons. The van der Waals surface area contributed by atoms with Crippen LogP contribution in [-0.2, 0) is 62.4 Å². The van der Waals surface area contributed by atoms with E-state index in [1.54, 1.807) is 42.6 Å². The van der Waals surface area contributed by atoms with Crippen LogP contribution in [0, 0.1) is 0 Å². The predicted molar refractivity (Wildman–Crippen MR) is 274 cm³/mol. The summed E-state index contributed by atoms with van der Waals surface area (Å²) in [6.45, 7) is 5.25. The van der Waals surface area contributed by atoms with Crippen LogP contribution >= 0.6 is 0 Å². The number of imidazole rings is 1. The van der Waals surface area contributed by atoms with E-state index in [4.69, 9.17) is 11.5 Å². The third kappa shape index (κ3) is 20.1. The number of carbonyl (C=O) groups is 9. The van der Waals surface area contributed by atoms with E-state index in [0.717, 1.165) is 23.9 Å². The molecule has 15 N–H and O–H groups in total. The molecule has 2 aromatic heterocycles. The van der Waals surface area contributed by atoms with Crippen LogP contribution in [0.1, 0.15) is 89.0 Å². The minimum Gasteiger partial charge on any atom is -0.480 e. The number of aliphatic imine (C=N–C) groups is 1. The number of benzene rings is 2. The molecule has 0 radical (unpaired) electrons. The van der Waals surface area contributed by atoms with Gasteiger partial charge in [-0.3, -0.25) is 43.3 Å². The first-order valence-corrected chi connectivity index (χ1v) is 24.6. The minimum atomic E-state index is -1.42. The van der Waals surface area contributed by atoms with Crippen molar-refractivity contribution in [2.45, 2.75) is 128 Å². The molecular weight excluding hydrogens is 957 g/mol. The number of rotatable bonds is 15. The Hall–Kier alpha value is -8.31. The van der Waals surface area contributed by atoms with Crippen molar-refractivity contribution in [3.05, 3.63) is 90.1 Å². The van der Waals surface area contributed by atoms with Gasteiger partial charge in [0.2, 0.25) is 47.3 Å². The van der Waals surface area contributed by atoms with Crippen molar-refractivity contribution in [1.29, 1.82) is 0 Å². The van der Waals surface area contributed by atoms with Gasteiger partial charge in [0.1, 0.15) is 36.3 Å². The zero-order valence-electron chi connectivity index (χ0n) is 42.0. The molecule has 1 fully saturated rings. The monoisotopic (exact) mass is 1030 g/mol. The summed E-state index contributed by atoms with van der Waals surface area (Å²) in [7, 11) is 0. The van der Waals surface area contributed by atoms with Crippen LogP contribution in [0.3, 0.4) is 0 Å². The average molecular weight is 1030 g/mol. The van der Waals surface area contributed by atoms with Gasteiger partial charge >= 0.3 is 5.97 Å². The summed E-state index contributed by atoms with van der Waals surface area (Å²) in [6.07, 6.45) is 6.20. The summed E-state index contributed by atoms with van der Waals surface area (Å²) in [4.78, 5) is 135. The molecule has 8 amide bonds. The maximum atomic E-state index is 14.3. The zero-order valence-corrected chi connectivity index (χ0v) is 42.0. The summed E-state index contributed by atoms with van der Waals surface area (Å²) < 4.78 is 0. The number of fused-ring (bicyclic) bond motifs is 1. The Balaban J connectivity index is 0.00000158. The van der Waals surface area contributed by atoms with Crippen molar-refractivity contribution in [3.8, 4) is 0 Å². The van der Waals surface area contributed by atoms with Gasteiger partial charge in [-0.05, 0) is 49.3 Å². The maximum absolute atomic E-state index is 14.3. The van der Waals surface area contributed by atoms with Crippen LogP contribution in [0.4, 0.5) is 0 Å². The van der Waals surface area contributed by atoms with Gasteiger partial charge in [0.05, 0.1) is 12.9 Å². The summed E-state index contributed by atoms with van der Waals surface area (Å²) in [5, 5.41) is 31.8. The van der Waals surface area contributed by atoms with Crippen molar-refractivity contribution in [3.63, 3.8) is 0 Å². The quantitative estimate of drug-likeness (QED) is 0.0533. The molecule has 0 spiro atoms. The van der Waals surface area contributed by atoms with E-state index in [1.807, 2.05) is 32.0 Å². The highest BCUT2D eigenvalue weighted by Crippen LogP contribution is 2.19. The fourth-order valence-corrected chi connectivity index (χ4v) is 7.83. The number of aromatic nitrogens is 3. The fraction of sp³-hybridized carbons (Fsp3) is 0.460. The van der Waals surface area contributed by atoms with Crippen molar-refractivity contribution in [2.75, 3.05) is 19.6 Å². The van der Waals surface area contributed by atoms with Crippen LogP contribution in [0.25, 0.3) is 10.9 Å². The fourth-order valence-electron chi connectivity index (χ4n) is 7.83. The van der Waals surface area contributed by atoms with Crippen molar-refractivity contribution in [2.24, 2.45) is 16.5 Å². The minimum absolute atomic E-state index is 0.0187. The number of aliphatic carboxylic acids is 1. The number of hydrogen-bond acceptors (Lipinski definition) is 11. The summed E-state index contributed by atoms with van der Waals surface area (Å²) in [5.41, 5.74) is 12.5. The molecule has 1 saturated heterocycles. The molecule has 1 aliphatic heterocycles. The second-order valence-corrected chi connectivity index (χ2v) is 17.7. The van der Waals surface area contributed by atoms with Gasteiger partial charge in [0.25, 0.3) is 0 Å². The Morgan fingerprint density at radius 3 is 2.14 bits per heavy atom. The molecule has 0 bridgehead atoms. The number of nitrogens with zero attached hydrogens (tertiary/aromatic N) is 2. The highest BCUT2D eigenvalue weighted by molar-refractivity contribution is 5.97. The van der Waals surface area contributed by atoms with Crippen LogP contribution in [-0.4, -0.2) is 135 Å². The maximum Gasteiger partial charge on any atom is 0.326 e. The third-order valence-electron chi connectivity index (χ3n) is 11.7. The summed E-state index contributed by atoms with van der Waals surface area (Å²) in [6, 6.07) is 8.18. The molecule has 3 heterocycles. The lowest BCUT2D eigenvalue weighted by atomic mass is 10.0. The van der Waals surface area contributed by atoms with Crippen molar-refractivity contribution in [1.82, 2.24) is 57.5 Å². The number of unbranched alkanes of at least 4 members (excludes halogenated alkanes) is 1. The number of H-pyrrole nitrogens is 2. The molecule has 24 nitrogen and oxygen atoms in total. The SMILES string of the molecule is CCCC[C@H](NC(C)=O)C(=O)NC1CCC(=O)NCCCC(C(=O)O)NC(=O)[C@H](Cc2c[nH]c3ccccc23)NC(=O)CNC(=O)C(Cc2ccccc2)NC(=O)[C@H](Cc2cnc[nH]2)NC1=O.CCCN=C(N)N. The first-order chi connectivity index (χ1) is 35.5. The van der Waals surface area contributed by atoms with Gasteiger partial charge in [0, 0.05) is 74.7 Å². The van der Waals surface area contributed by atoms with E-state index < -0.39 is 96.0 Å². The average Bonchev–Trinajstić information content (AvgIpc) is 4.05. The van der Waals surface area contributed by atoms with Crippen molar-refractivity contribution < 1.29 is 48.3 Å². The number of amides is 8. The smallest absolute Gasteiger partial charge is 0.326 e. The highest BCUT2D eigenvalue weighted by atomic mass is 16.4. The normalized spacial score (nSPS) is 20.1. The van der Waals surface area contributed by atoms with E-state index in [0.29, 0.717) is 29.7 Å². The Kier molecular flexibility index (Phi) is 24.0. The van der Waals surface area contributed by atoms with Crippen LogP contribution in [0.5, 0.6) is 0 Å². The first kappa shape index (κ1) is 58.3. The largest absolute Gasteiger partial charge is 0.480 e. The number of guanidine groups is 1. The van der Waals surface area contributed by atoms with E-state index in [1.165, 1.54) is 19.4 Å². The van der Waals surface area contributed by atoms with E-state index in [2.05, 4.69) is 62.5 Å².